The molecule has 1 atom stereocenters. The zero-order valence-electron chi connectivity index (χ0n) is 35.9. The first kappa shape index (κ1) is 43.5. The van der Waals surface area contributed by atoms with Crippen molar-refractivity contribution in [1.29, 1.82) is 0 Å². The van der Waals surface area contributed by atoms with Crippen LogP contribution in [0.5, 0.6) is 0 Å². The van der Waals surface area contributed by atoms with Crippen molar-refractivity contribution in [3.8, 4) is 45.6 Å². The summed E-state index contributed by atoms with van der Waals surface area (Å²) in [6.07, 6.45) is 0.956. The second-order valence-corrected chi connectivity index (χ2v) is 35.5. The average molecular weight is 936 g/mol. The fourth-order valence-corrected chi connectivity index (χ4v) is 27.3. The summed E-state index contributed by atoms with van der Waals surface area (Å²) in [6, 6.07) is 31.4. The Labute approximate surface area is 375 Å². The Morgan fingerprint density at radius 2 is 0.885 bits per heavy atom. The van der Waals surface area contributed by atoms with Crippen LogP contribution in [0.4, 0.5) is 0 Å². The van der Waals surface area contributed by atoms with E-state index in [2.05, 4.69) is 77.1 Å². The van der Waals surface area contributed by atoms with Gasteiger partial charge < -0.3 is 42.2 Å². The minimum absolute atomic E-state index is 0. The second-order valence-electron chi connectivity index (χ2n) is 17.8. The summed E-state index contributed by atoms with van der Waals surface area (Å²) in [5.41, 5.74) is 5.69. The van der Waals surface area contributed by atoms with Crippen molar-refractivity contribution in [3.05, 3.63) is 91.0 Å². The van der Waals surface area contributed by atoms with Gasteiger partial charge in [0.05, 0.1) is 23.3 Å². The molecule has 0 saturated heterocycles. The zero-order chi connectivity index (χ0) is 42.0. The Bertz CT molecular complexity index is 2980. The Morgan fingerprint density at radius 1 is 0.475 bits per heavy atom. The monoisotopic (exact) mass is 935 g/mol. The molecule has 7 aromatic rings. The summed E-state index contributed by atoms with van der Waals surface area (Å²) in [4.78, 5) is 41.6. The maximum absolute atomic E-state index is 6.96. The Morgan fingerprint density at radius 3 is 1.33 bits per heavy atom. The van der Waals surface area contributed by atoms with Crippen LogP contribution in [0.2, 0.25) is 65.0 Å². The molecule has 9 rings (SSSR count). The zero-order valence-corrected chi connectivity index (χ0v) is 41.9. The van der Waals surface area contributed by atoms with Crippen LogP contribution in [-0.2, 0) is 29.4 Å². The van der Waals surface area contributed by atoms with E-state index in [0.717, 1.165) is 66.9 Å². The molecule has 2 aliphatic rings. The molecule has 3 aromatic heterocycles. The molecule has 5 heterocycles. The van der Waals surface area contributed by atoms with E-state index in [9.17, 15) is 0 Å². The molecule has 0 amide bonds. The minimum atomic E-state index is -2.52. The topological polar surface area (TPSA) is 133 Å². The summed E-state index contributed by atoms with van der Waals surface area (Å²) in [5, 5.41) is 3.54. The fourth-order valence-electron chi connectivity index (χ4n) is 8.21. The Hall–Kier alpha value is -4.14. The van der Waals surface area contributed by atoms with Gasteiger partial charge in [-0.05, 0) is 111 Å². The average Bonchev–Trinajstić information content (AvgIpc) is 3.90. The van der Waals surface area contributed by atoms with Crippen molar-refractivity contribution in [1.82, 2.24) is 39.9 Å². The first-order valence-electron chi connectivity index (χ1n) is 20.4. The number of benzene rings is 4. The van der Waals surface area contributed by atoms with Crippen LogP contribution >= 0.6 is 11.8 Å². The van der Waals surface area contributed by atoms with Gasteiger partial charge in [-0.1, -0.05) is 78.9 Å². The van der Waals surface area contributed by atoms with Crippen LogP contribution in [0.1, 0.15) is 6.42 Å². The molecular formula is C44H48MnN8O3SSi4. The molecule has 61 heavy (non-hydrogen) atoms. The van der Waals surface area contributed by atoms with Crippen LogP contribution in [-0.4, -0.2) is 69.4 Å². The smallest absolute Gasteiger partial charge is 0.437 e. The van der Waals surface area contributed by atoms with Gasteiger partial charge in [0.1, 0.15) is 0 Å². The van der Waals surface area contributed by atoms with E-state index in [-0.39, 0.29) is 17.1 Å². The molecule has 1 radical (unpaired) electrons. The summed E-state index contributed by atoms with van der Waals surface area (Å²) >= 11 is 1.82. The van der Waals surface area contributed by atoms with Crippen LogP contribution in [0, 0.1) is 0 Å². The molecule has 1 unspecified atom stereocenters. The number of fused-ring (bicyclic) bond motifs is 20. The van der Waals surface area contributed by atoms with Gasteiger partial charge in [-0.3, -0.25) is 0 Å². The predicted molar refractivity (Wildman–Crippen MR) is 253 cm³/mol. The van der Waals surface area contributed by atoms with Crippen LogP contribution in [0.25, 0.3) is 89.7 Å². The van der Waals surface area contributed by atoms with Gasteiger partial charge in [-0.15, -0.1) is 11.8 Å². The largest absolute Gasteiger partial charge is 2.00 e. The van der Waals surface area contributed by atoms with Crippen molar-refractivity contribution in [2.24, 2.45) is 0 Å². The van der Waals surface area contributed by atoms with E-state index in [0.29, 0.717) is 45.9 Å². The van der Waals surface area contributed by atoms with E-state index in [4.69, 9.17) is 52.2 Å². The van der Waals surface area contributed by atoms with Crippen molar-refractivity contribution < 1.29 is 29.4 Å². The summed E-state index contributed by atoms with van der Waals surface area (Å²) in [5.74, 6) is 3.06. The first-order valence-corrected chi connectivity index (χ1v) is 33.5. The number of hydrogen-bond acceptors (Lipinski definition) is 10. The van der Waals surface area contributed by atoms with Gasteiger partial charge in [-0.25, -0.2) is 9.97 Å². The molecule has 4 aromatic carbocycles. The molecule has 0 spiro atoms. The summed E-state index contributed by atoms with van der Waals surface area (Å²) < 4.78 is 20.4. The predicted octanol–water partition coefficient (Wildman–Crippen LogP) is 11.1. The number of nitrogens with zero attached hydrogens (tertiary/aromatic N) is 8. The number of rotatable bonds is 11. The first-order chi connectivity index (χ1) is 28.5. The molecule has 11 nitrogen and oxygen atoms in total. The SMILES string of the molecule is C[Si](C)(C)O[Si](C)(C)O[Si](C)(CCCSc1ccc2c3nc4nc(nc5[n-]c(nc6nc(nc([n-]3)c2c1)-c1ccccc1-6)c1ccccc51)-c1ccccc1-4)O[Si](C)(C)C.[Mn+2]. The van der Waals surface area contributed by atoms with Crippen molar-refractivity contribution in [3.63, 3.8) is 0 Å². The van der Waals surface area contributed by atoms with E-state index < -0.39 is 33.8 Å². The van der Waals surface area contributed by atoms with Gasteiger partial charge in [-0.2, -0.15) is 0 Å². The van der Waals surface area contributed by atoms with Crippen molar-refractivity contribution in [2.75, 3.05) is 5.75 Å². The van der Waals surface area contributed by atoms with Gasteiger partial charge in [0.25, 0.3) is 0 Å². The van der Waals surface area contributed by atoms with E-state index in [1.807, 2.05) is 84.6 Å². The third kappa shape index (κ3) is 9.32. The number of hydrogen-bond donors (Lipinski definition) is 0. The molecule has 0 aliphatic carbocycles. The standard InChI is InChI=1S/C44H48N8O3SSi4.Mn/c1-57(2,3)53-59(7,8)55-60(9,54-58(4,5)6)26-16-25-56-28-23-24-35-36(27-28)44-51-42-34-22-15-14-21-33(34)40(49-42)47-38-30-18-11-10-17-29(30)37(45-38)46-39-31-19-12-13-20-32(31)41(48-39)50-43(35)52-44;/h10-15,17-24,27H,16,25-26H2,1-9H3;/q-2;+2. The van der Waals surface area contributed by atoms with E-state index in [1.165, 1.54) is 0 Å². The molecule has 8 bridgehead atoms. The third-order valence-electron chi connectivity index (χ3n) is 9.97. The fraction of sp³-hybridized carbons (Fsp3) is 0.273. The van der Waals surface area contributed by atoms with Gasteiger partial charge in [0, 0.05) is 49.7 Å². The quantitative estimate of drug-likeness (QED) is 0.0694. The molecular weight excluding hydrogens is 888 g/mol. The molecule has 0 saturated carbocycles. The Balaban J connectivity index is 0.00000514. The second kappa shape index (κ2) is 16.5. The van der Waals surface area contributed by atoms with Crippen molar-refractivity contribution in [2.45, 2.75) is 76.3 Å². The maximum Gasteiger partial charge on any atom is 2.00 e. The van der Waals surface area contributed by atoms with Crippen LogP contribution in [0.3, 0.4) is 0 Å². The maximum atomic E-state index is 6.96. The molecule has 0 N–H and O–H groups in total. The van der Waals surface area contributed by atoms with Gasteiger partial charge in [0.2, 0.25) is 0 Å². The summed E-state index contributed by atoms with van der Waals surface area (Å²) in [6.45, 7) is 20.0. The molecule has 2 aliphatic heterocycles. The van der Waals surface area contributed by atoms with E-state index >= 15 is 0 Å². The van der Waals surface area contributed by atoms with Gasteiger partial charge >= 0.3 is 34.2 Å². The Kier molecular flexibility index (Phi) is 11.8. The number of thioether (sulfide) groups is 1. The van der Waals surface area contributed by atoms with Gasteiger partial charge in [0.15, 0.2) is 16.6 Å². The van der Waals surface area contributed by atoms with Crippen molar-refractivity contribution >= 4 is 89.7 Å². The summed E-state index contributed by atoms with van der Waals surface area (Å²) in [7, 11) is -8.55. The van der Waals surface area contributed by atoms with Crippen LogP contribution < -0.4 is 9.97 Å². The van der Waals surface area contributed by atoms with Crippen LogP contribution in [0.15, 0.2) is 95.9 Å². The minimum Gasteiger partial charge on any atom is -0.437 e. The normalized spacial score (nSPS) is 13.8. The molecule has 311 valence electrons. The molecule has 0 fully saturated rings. The third-order valence-corrected chi connectivity index (χ3v) is 24.6. The van der Waals surface area contributed by atoms with E-state index in [1.54, 1.807) is 0 Å². The molecule has 17 heteroatoms. The number of aromatic nitrogens is 8.